The molecule has 0 atom stereocenters. The van der Waals surface area contributed by atoms with Crippen molar-refractivity contribution in [3.63, 3.8) is 0 Å². The normalized spacial score (nSPS) is 11.2. The summed E-state index contributed by atoms with van der Waals surface area (Å²) in [5.41, 5.74) is 1.71. The first-order chi connectivity index (χ1) is 8.29. The lowest BCUT2D eigenvalue weighted by Crippen LogP contribution is -2.03. The highest BCUT2D eigenvalue weighted by Crippen LogP contribution is 2.10. The summed E-state index contributed by atoms with van der Waals surface area (Å²) in [7, 11) is 1.89. The fraction of sp³-hybridized carbons (Fsp3) is 0.154. The predicted octanol–water partition coefficient (Wildman–Crippen LogP) is 2.24. The lowest BCUT2D eigenvalue weighted by atomic mass is 10.3. The SMILES string of the molecule is CNCC=Cc1cnn(-c2cccc(F)c2)c1. The van der Waals surface area contributed by atoms with Gasteiger partial charge in [0, 0.05) is 18.3 Å². The molecule has 0 aliphatic rings. The number of halogens is 1. The quantitative estimate of drug-likeness (QED) is 0.874. The Morgan fingerprint density at radius 1 is 1.47 bits per heavy atom. The standard InChI is InChI=1S/C13H14FN3/c1-15-7-3-4-11-9-16-17(10-11)13-6-2-5-12(14)8-13/h2-6,8-10,15H,7H2,1H3. The van der Waals surface area contributed by atoms with Crippen molar-refractivity contribution in [2.75, 3.05) is 13.6 Å². The van der Waals surface area contributed by atoms with Crippen molar-refractivity contribution in [2.24, 2.45) is 0 Å². The van der Waals surface area contributed by atoms with Gasteiger partial charge in [-0.15, -0.1) is 0 Å². The summed E-state index contributed by atoms with van der Waals surface area (Å²) in [5, 5.41) is 7.20. The van der Waals surface area contributed by atoms with Crippen molar-refractivity contribution in [2.45, 2.75) is 0 Å². The van der Waals surface area contributed by atoms with Gasteiger partial charge in [0.1, 0.15) is 5.82 Å². The van der Waals surface area contributed by atoms with Crippen LogP contribution in [0.2, 0.25) is 0 Å². The summed E-state index contributed by atoms with van der Waals surface area (Å²) in [6.45, 7) is 0.811. The van der Waals surface area contributed by atoms with Crippen LogP contribution in [0.5, 0.6) is 0 Å². The molecule has 0 aliphatic carbocycles. The third-order valence-corrected chi connectivity index (χ3v) is 2.31. The Morgan fingerprint density at radius 3 is 3.12 bits per heavy atom. The van der Waals surface area contributed by atoms with Gasteiger partial charge in [-0.25, -0.2) is 9.07 Å². The molecule has 0 bridgehead atoms. The van der Waals surface area contributed by atoms with Gasteiger partial charge >= 0.3 is 0 Å². The van der Waals surface area contributed by atoms with Gasteiger partial charge < -0.3 is 5.32 Å². The fourth-order valence-corrected chi connectivity index (χ4v) is 1.50. The molecule has 0 unspecified atom stereocenters. The average molecular weight is 231 g/mol. The second-order valence-corrected chi connectivity index (χ2v) is 3.66. The van der Waals surface area contributed by atoms with Crippen LogP contribution >= 0.6 is 0 Å². The Labute approximate surface area is 99.6 Å². The molecule has 2 aromatic rings. The van der Waals surface area contributed by atoms with Crippen LogP contribution in [0.15, 0.2) is 42.7 Å². The van der Waals surface area contributed by atoms with Crippen LogP contribution in [0, 0.1) is 5.82 Å². The van der Waals surface area contributed by atoms with E-state index in [9.17, 15) is 4.39 Å². The first-order valence-electron chi connectivity index (χ1n) is 5.41. The van der Waals surface area contributed by atoms with Crippen molar-refractivity contribution >= 4 is 6.08 Å². The molecule has 0 amide bonds. The molecule has 1 aromatic heterocycles. The number of nitrogens with one attached hydrogen (secondary N) is 1. The first kappa shape index (κ1) is 11.5. The number of benzene rings is 1. The van der Waals surface area contributed by atoms with Crippen molar-refractivity contribution in [1.29, 1.82) is 0 Å². The van der Waals surface area contributed by atoms with Gasteiger partial charge in [-0.3, -0.25) is 0 Å². The van der Waals surface area contributed by atoms with E-state index >= 15 is 0 Å². The second kappa shape index (κ2) is 5.41. The topological polar surface area (TPSA) is 29.9 Å². The fourth-order valence-electron chi connectivity index (χ4n) is 1.50. The Hall–Kier alpha value is -1.94. The minimum atomic E-state index is -0.259. The summed E-state index contributed by atoms with van der Waals surface area (Å²) in [6, 6.07) is 6.36. The molecular weight excluding hydrogens is 217 g/mol. The number of hydrogen-bond donors (Lipinski definition) is 1. The minimum absolute atomic E-state index is 0.259. The van der Waals surface area contributed by atoms with Gasteiger partial charge in [-0.05, 0) is 25.2 Å². The van der Waals surface area contributed by atoms with Crippen molar-refractivity contribution in [3.8, 4) is 5.69 Å². The zero-order valence-corrected chi connectivity index (χ0v) is 9.60. The van der Waals surface area contributed by atoms with E-state index in [4.69, 9.17) is 0 Å². The maximum Gasteiger partial charge on any atom is 0.125 e. The van der Waals surface area contributed by atoms with E-state index in [0.717, 1.165) is 17.8 Å². The van der Waals surface area contributed by atoms with Crippen LogP contribution in [0.4, 0.5) is 4.39 Å². The molecule has 0 aliphatic heterocycles. The van der Waals surface area contributed by atoms with Crippen LogP contribution in [0.25, 0.3) is 11.8 Å². The largest absolute Gasteiger partial charge is 0.316 e. The summed E-state index contributed by atoms with van der Waals surface area (Å²) in [5.74, 6) is -0.259. The van der Waals surface area contributed by atoms with E-state index in [-0.39, 0.29) is 5.82 Å². The third-order valence-electron chi connectivity index (χ3n) is 2.31. The van der Waals surface area contributed by atoms with Gasteiger partial charge in [0.25, 0.3) is 0 Å². The maximum absolute atomic E-state index is 13.0. The highest BCUT2D eigenvalue weighted by molar-refractivity contribution is 5.48. The number of rotatable bonds is 4. The third kappa shape index (κ3) is 3.01. The molecule has 0 fully saturated rings. The smallest absolute Gasteiger partial charge is 0.125 e. The van der Waals surface area contributed by atoms with Gasteiger partial charge in [0.05, 0.1) is 11.9 Å². The second-order valence-electron chi connectivity index (χ2n) is 3.66. The van der Waals surface area contributed by atoms with Crippen molar-refractivity contribution < 1.29 is 4.39 Å². The van der Waals surface area contributed by atoms with Crippen molar-refractivity contribution in [1.82, 2.24) is 15.1 Å². The van der Waals surface area contributed by atoms with Crippen LogP contribution in [-0.2, 0) is 0 Å². The zero-order valence-electron chi connectivity index (χ0n) is 9.60. The Morgan fingerprint density at radius 2 is 2.35 bits per heavy atom. The summed E-state index contributed by atoms with van der Waals surface area (Å²) >= 11 is 0. The predicted molar refractivity (Wildman–Crippen MR) is 66.5 cm³/mol. The molecule has 4 heteroatoms. The Bertz CT molecular complexity index is 517. The molecule has 2 rings (SSSR count). The van der Waals surface area contributed by atoms with Crippen molar-refractivity contribution in [3.05, 3.63) is 54.1 Å². The van der Waals surface area contributed by atoms with Crippen LogP contribution in [-0.4, -0.2) is 23.4 Å². The molecule has 17 heavy (non-hydrogen) atoms. The highest BCUT2D eigenvalue weighted by atomic mass is 19.1. The van der Waals surface area contributed by atoms with E-state index in [0.29, 0.717) is 0 Å². The van der Waals surface area contributed by atoms with Crippen LogP contribution in [0.3, 0.4) is 0 Å². The molecule has 0 spiro atoms. The van der Waals surface area contributed by atoms with Crippen LogP contribution < -0.4 is 5.32 Å². The summed E-state index contributed by atoms with van der Waals surface area (Å²) in [6.07, 6.45) is 7.59. The number of aromatic nitrogens is 2. The van der Waals surface area contributed by atoms with Gasteiger partial charge in [0.2, 0.25) is 0 Å². The van der Waals surface area contributed by atoms with E-state index in [1.165, 1.54) is 12.1 Å². The number of hydrogen-bond acceptors (Lipinski definition) is 2. The first-order valence-corrected chi connectivity index (χ1v) is 5.41. The molecule has 1 N–H and O–H groups in total. The van der Waals surface area contributed by atoms with Gasteiger partial charge in [-0.1, -0.05) is 18.2 Å². The Kier molecular flexibility index (Phi) is 3.67. The number of nitrogens with zero attached hydrogens (tertiary/aromatic N) is 2. The Balaban J connectivity index is 2.18. The number of likely N-dealkylation sites (N-methyl/N-ethyl adjacent to an activating group) is 1. The molecular formula is C13H14FN3. The molecule has 0 saturated carbocycles. The minimum Gasteiger partial charge on any atom is -0.316 e. The lowest BCUT2D eigenvalue weighted by molar-refractivity contribution is 0.625. The molecule has 3 nitrogen and oxygen atoms in total. The van der Waals surface area contributed by atoms with E-state index in [1.54, 1.807) is 16.9 Å². The molecule has 1 heterocycles. The van der Waals surface area contributed by atoms with Crippen LogP contribution in [0.1, 0.15) is 5.56 Å². The van der Waals surface area contributed by atoms with E-state index < -0.39 is 0 Å². The zero-order chi connectivity index (χ0) is 12.1. The van der Waals surface area contributed by atoms with E-state index in [1.807, 2.05) is 31.5 Å². The summed E-state index contributed by atoms with van der Waals surface area (Å²) < 4.78 is 14.7. The maximum atomic E-state index is 13.0. The monoisotopic (exact) mass is 231 g/mol. The highest BCUT2D eigenvalue weighted by Gasteiger charge is 1.99. The average Bonchev–Trinajstić information content (AvgIpc) is 2.78. The summed E-state index contributed by atoms with van der Waals surface area (Å²) in [4.78, 5) is 0. The van der Waals surface area contributed by atoms with E-state index in [2.05, 4.69) is 10.4 Å². The molecule has 1 aromatic carbocycles. The lowest BCUT2D eigenvalue weighted by Gasteiger charge is -1.99. The molecule has 0 radical (unpaired) electrons. The molecule has 0 saturated heterocycles. The van der Waals surface area contributed by atoms with Gasteiger partial charge in [-0.2, -0.15) is 5.10 Å². The van der Waals surface area contributed by atoms with Gasteiger partial charge in [0.15, 0.2) is 0 Å². The molecule has 88 valence electrons.